The van der Waals surface area contributed by atoms with E-state index in [-0.39, 0.29) is 0 Å². The summed E-state index contributed by atoms with van der Waals surface area (Å²) in [6.45, 7) is 4.00. The second kappa shape index (κ2) is 4.72. The molecular weight excluding hydrogens is 148 g/mol. The molecule has 3 heteroatoms. The van der Waals surface area contributed by atoms with Gasteiger partial charge in [-0.15, -0.1) is 0 Å². The highest BCUT2D eigenvalue weighted by Gasteiger charge is 2.14. The Morgan fingerprint density at radius 2 is 1.30 bits per heavy atom. The molecule has 0 atom stereocenters. The average molecular weight is 164 g/mol. The second-order valence-corrected chi connectivity index (χ2v) is 4.52. The summed E-state index contributed by atoms with van der Waals surface area (Å²) in [4.78, 5) is 0. The van der Waals surface area contributed by atoms with Gasteiger partial charge in [0.15, 0.2) is 0 Å². The van der Waals surface area contributed by atoms with Crippen molar-refractivity contribution in [2.75, 3.05) is 11.5 Å². The Balaban J connectivity index is 0.000000371. The highest BCUT2D eigenvalue weighted by Crippen LogP contribution is 2.09. The van der Waals surface area contributed by atoms with Gasteiger partial charge in [-0.05, 0) is 12.8 Å². The summed E-state index contributed by atoms with van der Waals surface area (Å²) in [5.41, 5.74) is 0. The lowest BCUT2D eigenvalue weighted by molar-refractivity contribution is 0.575. The van der Waals surface area contributed by atoms with E-state index in [1.54, 1.807) is 0 Å². The van der Waals surface area contributed by atoms with Crippen molar-refractivity contribution >= 4 is 9.84 Å². The van der Waals surface area contributed by atoms with Crippen LogP contribution in [0.4, 0.5) is 0 Å². The lowest BCUT2D eigenvalue weighted by atomic mass is 10.3. The average Bonchev–Trinajstić information content (AvgIpc) is 1.92. The molecule has 0 aromatic rings. The molecule has 2 nitrogen and oxygen atoms in total. The number of hydrogen-bond acceptors (Lipinski definition) is 2. The molecule has 0 spiro atoms. The van der Waals surface area contributed by atoms with E-state index < -0.39 is 9.84 Å². The first kappa shape index (κ1) is 9.95. The Hall–Kier alpha value is -0.0500. The van der Waals surface area contributed by atoms with Crippen LogP contribution in [0.3, 0.4) is 0 Å². The summed E-state index contributed by atoms with van der Waals surface area (Å²) in [6.07, 6.45) is 2.85. The minimum Gasteiger partial charge on any atom is -0.229 e. The zero-order chi connectivity index (χ0) is 8.04. The molecule has 0 unspecified atom stereocenters. The molecule has 0 aliphatic carbocycles. The molecule has 1 saturated heterocycles. The Labute approximate surface area is 63.6 Å². The predicted octanol–water partition coefficient (Wildman–Crippen LogP) is 1.61. The van der Waals surface area contributed by atoms with Crippen molar-refractivity contribution in [1.29, 1.82) is 0 Å². The molecule has 1 aliphatic rings. The summed E-state index contributed by atoms with van der Waals surface area (Å²) in [5.74, 6) is 0.847. The quantitative estimate of drug-likeness (QED) is 0.545. The van der Waals surface area contributed by atoms with Gasteiger partial charge >= 0.3 is 0 Å². The summed E-state index contributed by atoms with van der Waals surface area (Å²) in [7, 11) is -2.58. The van der Waals surface area contributed by atoms with Gasteiger partial charge in [-0.3, -0.25) is 0 Å². The third-order valence-corrected chi connectivity index (χ3v) is 3.23. The van der Waals surface area contributed by atoms with Gasteiger partial charge < -0.3 is 0 Å². The molecule has 0 N–H and O–H groups in total. The standard InChI is InChI=1S/C5H10O2S.C2H6/c6-8(7)4-2-1-3-5-8;1-2/h1-5H2;1-2H3. The molecule has 0 amide bonds. The van der Waals surface area contributed by atoms with Crippen LogP contribution in [0.2, 0.25) is 0 Å². The fourth-order valence-corrected chi connectivity index (χ4v) is 2.41. The van der Waals surface area contributed by atoms with E-state index in [0.29, 0.717) is 11.5 Å². The molecular formula is C7H16O2S. The second-order valence-electron chi connectivity index (χ2n) is 2.21. The summed E-state index contributed by atoms with van der Waals surface area (Å²) < 4.78 is 21.3. The van der Waals surface area contributed by atoms with Crippen LogP contribution in [0.5, 0.6) is 0 Å². The maximum Gasteiger partial charge on any atom is 0.150 e. The van der Waals surface area contributed by atoms with Crippen LogP contribution in [0.1, 0.15) is 33.1 Å². The number of hydrogen-bond donors (Lipinski definition) is 0. The van der Waals surface area contributed by atoms with Crippen LogP contribution >= 0.6 is 0 Å². The van der Waals surface area contributed by atoms with Crippen molar-refractivity contribution in [2.45, 2.75) is 33.1 Å². The molecule has 1 heterocycles. The highest BCUT2D eigenvalue weighted by molar-refractivity contribution is 7.91. The predicted molar refractivity (Wildman–Crippen MR) is 43.9 cm³/mol. The minimum atomic E-state index is -2.58. The van der Waals surface area contributed by atoms with Gasteiger partial charge in [0.1, 0.15) is 9.84 Å². The topological polar surface area (TPSA) is 34.1 Å². The number of rotatable bonds is 0. The SMILES string of the molecule is CC.O=S1(=O)CCCCC1. The third kappa shape index (κ3) is 3.88. The van der Waals surface area contributed by atoms with Gasteiger partial charge in [0.25, 0.3) is 0 Å². The van der Waals surface area contributed by atoms with Gasteiger partial charge in [0, 0.05) is 0 Å². The first-order valence-electron chi connectivity index (χ1n) is 3.91. The van der Waals surface area contributed by atoms with Gasteiger partial charge in [-0.25, -0.2) is 8.42 Å². The van der Waals surface area contributed by atoms with Crippen LogP contribution in [-0.4, -0.2) is 19.9 Å². The van der Waals surface area contributed by atoms with E-state index in [2.05, 4.69) is 0 Å². The van der Waals surface area contributed by atoms with Crippen molar-refractivity contribution in [2.24, 2.45) is 0 Å². The molecule has 62 valence electrons. The first-order valence-corrected chi connectivity index (χ1v) is 5.73. The molecule has 1 fully saturated rings. The summed E-state index contributed by atoms with van der Waals surface area (Å²) in [6, 6.07) is 0. The Bertz CT molecular complexity index is 146. The summed E-state index contributed by atoms with van der Waals surface area (Å²) in [5, 5.41) is 0. The first-order chi connectivity index (χ1) is 4.71. The Kier molecular flexibility index (Phi) is 4.69. The van der Waals surface area contributed by atoms with Crippen molar-refractivity contribution < 1.29 is 8.42 Å². The maximum atomic E-state index is 10.7. The smallest absolute Gasteiger partial charge is 0.150 e. The van der Waals surface area contributed by atoms with Gasteiger partial charge in [0.2, 0.25) is 0 Å². The molecule has 0 saturated carbocycles. The van der Waals surface area contributed by atoms with Crippen molar-refractivity contribution in [3.63, 3.8) is 0 Å². The van der Waals surface area contributed by atoms with Crippen LogP contribution < -0.4 is 0 Å². The normalized spacial score (nSPS) is 22.6. The fourth-order valence-electron chi connectivity index (χ4n) is 0.923. The van der Waals surface area contributed by atoms with Crippen LogP contribution in [0.15, 0.2) is 0 Å². The van der Waals surface area contributed by atoms with Crippen molar-refractivity contribution in [3.8, 4) is 0 Å². The lowest BCUT2D eigenvalue weighted by Gasteiger charge is -2.08. The van der Waals surface area contributed by atoms with Gasteiger partial charge in [0.05, 0.1) is 11.5 Å². The minimum absolute atomic E-state index is 0.424. The highest BCUT2D eigenvalue weighted by atomic mass is 32.2. The zero-order valence-electron chi connectivity index (χ0n) is 6.76. The summed E-state index contributed by atoms with van der Waals surface area (Å²) >= 11 is 0. The van der Waals surface area contributed by atoms with Crippen molar-refractivity contribution in [3.05, 3.63) is 0 Å². The van der Waals surface area contributed by atoms with Crippen LogP contribution in [0.25, 0.3) is 0 Å². The third-order valence-electron chi connectivity index (χ3n) is 1.41. The Morgan fingerprint density at radius 1 is 0.900 bits per heavy atom. The van der Waals surface area contributed by atoms with Gasteiger partial charge in [-0.1, -0.05) is 20.3 Å². The monoisotopic (exact) mass is 164 g/mol. The molecule has 1 rings (SSSR count). The van der Waals surface area contributed by atoms with Crippen LogP contribution in [-0.2, 0) is 9.84 Å². The maximum absolute atomic E-state index is 10.7. The fraction of sp³-hybridized carbons (Fsp3) is 1.00. The number of sulfone groups is 1. The van der Waals surface area contributed by atoms with E-state index in [1.807, 2.05) is 13.8 Å². The van der Waals surface area contributed by atoms with Crippen LogP contribution in [0, 0.1) is 0 Å². The van der Waals surface area contributed by atoms with E-state index >= 15 is 0 Å². The molecule has 0 aromatic heterocycles. The van der Waals surface area contributed by atoms with E-state index in [0.717, 1.165) is 19.3 Å². The van der Waals surface area contributed by atoms with E-state index in [1.165, 1.54) is 0 Å². The molecule has 0 bridgehead atoms. The molecule has 10 heavy (non-hydrogen) atoms. The zero-order valence-corrected chi connectivity index (χ0v) is 7.58. The molecule has 0 aromatic carbocycles. The lowest BCUT2D eigenvalue weighted by Crippen LogP contribution is -2.15. The van der Waals surface area contributed by atoms with Crippen molar-refractivity contribution in [1.82, 2.24) is 0 Å². The van der Waals surface area contributed by atoms with E-state index in [4.69, 9.17) is 0 Å². The Morgan fingerprint density at radius 3 is 1.50 bits per heavy atom. The largest absolute Gasteiger partial charge is 0.229 e. The molecule has 1 aliphatic heterocycles. The molecule has 0 radical (unpaired) electrons. The van der Waals surface area contributed by atoms with Gasteiger partial charge in [-0.2, -0.15) is 0 Å². The van der Waals surface area contributed by atoms with E-state index in [9.17, 15) is 8.42 Å².